The van der Waals surface area contributed by atoms with Crippen molar-refractivity contribution in [1.29, 1.82) is 0 Å². The second-order valence-corrected chi connectivity index (χ2v) is 9.64. The van der Waals surface area contributed by atoms with E-state index in [2.05, 4.69) is 19.9 Å². The Balaban J connectivity index is 1.52. The van der Waals surface area contributed by atoms with Gasteiger partial charge in [-0.25, -0.2) is 0 Å². The monoisotopic (exact) mass is 329 g/mol. The minimum Gasteiger partial charge on any atom is -0.462 e. The highest BCUT2D eigenvalue weighted by Crippen LogP contribution is 2.68. The standard InChI is InChI=1S/C21H31NO2/c1-12-16-5-6-18-15-4-3-13-11-14(22)7-9-20(13,2)17(15)8-10-21(16,18)19(23)24-12/h3,12,14-18H,4-11,22H2,1-2H3/t12-,14+,15+,16+,17-,18-,20-,21-/m0/s1. The number of carbonyl (C=O) groups excluding carboxylic acids is 1. The summed E-state index contributed by atoms with van der Waals surface area (Å²) in [6.45, 7) is 4.62. The van der Waals surface area contributed by atoms with Crippen LogP contribution in [0.15, 0.2) is 11.6 Å². The maximum absolute atomic E-state index is 12.8. The van der Waals surface area contributed by atoms with Crippen molar-refractivity contribution in [1.82, 2.24) is 0 Å². The van der Waals surface area contributed by atoms with Crippen LogP contribution in [0.1, 0.15) is 65.2 Å². The van der Waals surface area contributed by atoms with Gasteiger partial charge in [0.25, 0.3) is 0 Å². The van der Waals surface area contributed by atoms with Gasteiger partial charge in [0.05, 0.1) is 5.41 Å². The third-order valence-electron chi connectivity index (χ3n) is 8.96. The molecule has 0 radical (unpaired) electrons. The van der Waals surface area contributed by atoms with E-state index in [0.29, 0.717) is 29.2 Å². The lowest BCUT2D eigenvalue weighted by molar-refractivity contribution is -0.156. The third kappa shape index (κ3) is 1.70. The predicted molar refractivity (Wildman–Crippen MR) is 93.0 cm³/mol. The van der Waals surface area contributed by atoms with Crippen molar-refractivity contribution in [3.63, 3.8) is 0 Å². The Labute approximate surface area is 145 Å². The molecule has 5 aliphatic rings. The van der Waals surface area contributed by atoms with Gasteiger partial charge in [-0.15, -0.1) is 0 Å². The van der Waals surface area contributed by atoms with Gasteiger partial charge in [-0.3, -0.25) is 4.79 Å². The zero-order valence-electron chi connectivity index (χ0n) is 15.1. The number of allylic oxidation sites excluding steroid dienone is 1. The number of hydrogen-bond acceptors (Lipinski definition) is 3. The molecular weight excluding hydrogens is 298 g/mol. The van der Waals surface area contributed by atoms with Crippen molar-refractivity contribution in [2.45, 2.75) is 77.4 Å². The van der Waals surface area contributed by atoms with E-state index in [0.717, 1.165) is 25.2 Å². The van der Waals surface area contributed by atoms with Crippen LogP contribution in [0.25, 0.3) is 0 Å². The van der Waals surface area contributed by atoms with E-state index in [1.54, 1.807) is 5.57 Å². The molecule has 0 amide bonds. The first kappa shape index (κ1) is 15.4. The number of carbonyl (C=O) groups is 1. The Morgan fingerprint density at radius 3 is 2.75 bits per heavy atom. The summed E-state index contributed by atoms with van der Waals surface area (Å²) >= 11 is 0. The number of ether oxygens (including phenoxy) is 1. The minimum absolute atomic E-state index is 0.132. The van der Waals surface area contributed by atoms with Crippen LogP contribution in [0.4, 0.5) is 0 Å². The van der Waals surface area contributed by atoms with Gasteiger partial charge in [0, 0.05) is 12.0 Å². The van der Waals surface area contributed by atoms with Gasteiger partial charge in [0.1, 0.15) is 6.10 Å². The van der Waals surface area contributed by atoms with Crippen LogP contribution in [0.3, 0.4) is 0 Å². The molecule has 4 aliphatic carbocycles. The summed E-state index contributed by atoms with van der Waals surface area (Å²) in [6.07, 6.45) is 12.0. The van der Waals surface area contributed by atoms with Crippen LogP contribution in [-0.2, 0) is 9.53 Å². The van der Waals surface area contributed by atoms with Gasteiger partial charge >= 0.3 is 5.97 Å². The lowest BCUT2D eigenvalue weighted by Gasteiger charge is -2.57. The molecule has 1 heterocycles. The van der Waals surface area contributed by atoms with E-state index in [4.69, 9.17) is 10.5 Å². The summed E-state index contributed by atoms with van der Waals surface area (Å²) in [5, 5.41) is 0. The summed E-state index contributed by atoms with van der Waals surface area (Å²) in [5.41, 5.74) is 8.10. The largest absolute Gasteiger partial charge is 0.462 e. The van der Waals surface area contributed by atoms with Crippen LogP contribution in [-0.4, -0.2) is 18.1 Å². The molecule has 8 atom stereocenters. The molecule has 4 fully saturated rings. The number of esters is 1. The molecular formula is C21H31NO2. The summed E-state index contributed by atoms with van der Waals surface area (Å²) < 4.78 is 5.74. The Hall–Kier alpha value is -0.830. The summed E-state index contributed by atoms with van der Waals surface area (Å²) in [7, 11) is 0. The first-order valence-electron chi connectivity index (χ1n) is 10.1. The fourth-order valence-electron chi connectivity index (χ4n) is 7.83. The van der Waals surface area contributed by atoms with E-state index in [1.165, 1.54) is 32.1 Å². The zero-order chi connectivity index (χ0) is 16.7. The lowest BCUT2D eigenvalue weighted by atomic mass is 9.47. The quantitative estimate of drug-likeness (QED) is 0.543. The molecule has 0 aromatic rings. The fraction of sp³-hybridized carbons (Fsp3) is 0.857. The first-order chi connectivity index (χ1) is 11.5. The number of nitrogens with two attached hydrogens (primary N) is 1. The van der Waals surface area contributed by atoms with Crippen molar-refractivity contribution >= 4 is 5.97 Å². The molecule has 132 valence electrons. The molecule has 1 saturated heterocycles. The molecule has 0 bridgehead atoms. The second-order valence-electron chi connectivity index (χ2n) is 9.64. The normalized spacial score (nSPS) is 55.8. The van der Waals surface area contributed by atoms with Crippen molar-refractivity contribution in [2.75, 3.05) is 0 Å². The fourth-order valence-corrected chi connectivity index (χ4v) is 7.83. The van der Waals surface area contributed by atoms with Gasteiger partial charge in [0.15, 0.2) is 0 Å². The van der Waals surface area contributed by atoms with Gasteiger partial charge < -0.3 is 10.5 Å². The van der Waals surface area contributed by atoms with E-state index in [9.17, 15) is 4.79 Å². The van der Waals surface area contributed by atoms with Gasteiger partial charge in [-0.05, 0) is 81.5 Å². The minimum atomic E-state index is -0.132. The molecule has 1 spiro atoms. The maximum Gasteiger partial charge on any atom is 0.313 e. The van der Waals surface area contributed by atoms with Crippen LogP contribution >= 0.6 is 0 Å². The van der Waals surface area contributed by atoms with E-state index in [-0.39, 0.29) is 17.5 Å². The summed E-state index contributed by atoms with van der Waals surface area (Å²) in [4.78, 5) is 12.8. The lowest BCUT2D eigenvalue weighted by Crippen LogP contribution is -2.53. The molecule has 24 heavy (non-hydrogen) atoms. The van der Waals surface area contributed by atoms with Crippen LogP contribution in [0.2, 0.25) is 0 Å². The molecule has 3 nitrogen and oxygen atoms in total. The predicted octanol–water partition coefficient (Wildman–Crippen LogP) is 3.82. The SMILES string of the molecule is C[C@@H]1OC(=O)[C@]23CC[C@H]4[C@@H](CC=C5C[C@H](N)CC[C@@]54C)[C@@H]2CC[C@H]13. The Morgan fingerprint density at radius 2 is 1.92 bits per heavy atom. The second kappa shape index (κ2) is 4.87. The highest BCUT2D eigenvalue weighted by atomic mass is 16.6. The molecule has 0 aromatic heterocycles. The van der Waals surface area contributed by atoms with E-state index >= 15 is 0 Å². The number of cyclic esters (lactones) is 1. The highest BCUT2D eigenvalue weighted by Gasteiger charge is 2.68. The van der Waals surface area contributed by atoms with Gasteiger partial charge in [0.2, 0.25) is 0 Å². The van der Waals surface area contributed by atoms with Gasteiger partial charge in [-0.1, -0.05) is 18.6 Å². The molecule has 3 saturated carbocycles. The molecule has 2 N–H and O–H groups in total. The highest BCUT2D eigenvalue weighted by molar-refractivity contribution is 5.81. The molecule has 5 rings (SSSR count). The van der Waals surface area contributed by atoms with Crippen molar-refractivity contribution < 1.29 is 9.53 Å². The summed E-state index contributed by atoms with van der Waals surface area (Å²) in [6, 6.07) is 0.359. The number of hydrogen-bond donors (Lipinski definition) is 1. The third-order valence-corrected chi connectivity index (χ3v) is 8.96. The van der Waals surface area contributed by atoms with Crippen LogP contribution in [0, 0.1) is 34.5 Å². The van der Waals surface area contributed by atoms with Crippen molar-refractivity contribution in [2.24, 2.45) is 40.2 Å². The summed E-state index contributed by atoms with van der Waals surface area (Å²) in [5.74, 6) is 2.62. The smallest absolute Gasteiger partial charge is 0.313 e. The zero-order valence-corrected chi connectivity index (χ0v) is 15.1. The Morgan fingerprint density at radius 1 is 1.12 bits per heavy atom. The molecule has 0 aromatic carbocycles. The molecule has 0 unspecified atom stereocenters. The Bertz CT molecular complexity index is 613. The van der Waals surface area contributed by atoms with E-state index in [1.807, 2.05) is 0 Å². The number of fused-ring (bicyclic) bond motifs is 4. The average molecular weight is 329 g/mol. The first-order valence-corrected chi connectivity index (χ1v) is 10.1. The van der Waals surface area contributed by atoms with Gasteiger partial charge in [-0.2, -0.15) is 0 Å². The maximum atomic E-state index is 12.8. The van der Waals surface area contributed by atoms with Crippen molar-refractivity contribution in [3.05, 3.63) is 11.6 Å². The van der Waals surface area contributed by atoms with Crippen LogP contribution in [0.5, 0.6) is 0 Å². The van der Waals surface area contributed by atoms with E-state index < -0.39 is 0 Å². The number of rotatable bonds is 0. The topological polar surface area (TPSA) is 52.3 Å². The molecule has 1 aliphatic heterocycles. The molecule has 3 heteroatoms. The average Bonchev–Trinajstić information content (AvgIpc) is 3.05. The Kier molecular flexibility index (Phi) is 3.13. The van der Waals surface area contributed by atoms with Crippen LogP contribution < -0.4 is 5.73 Å². The van der Waals surface area contributed by atoms with Crippen molar-refractivity contribution in [3.8, 4) is 0 Å².